The maximum absolute atomic E-state index is 13.5. The number of likely N-dealkylation sites (N-methyl/N-ethyl adjacent to an activating group) is 1. The summed E-state index contributed by atoms with van der Waals surface area (Å²) in [5.74, 6) is 0.425. The average molecular weight is 429 g/mol. The molecule has 4 rings (SSSR count). The number of rotatable bonds is 5. The first-order valence-corrected chi connectivity index (χ1v) is 11.0. The molecule has 1 aliphatic rings. The molecule has 0 aliphatic carbocycles. The maximum atomic E-state index is 13.5. The van der Waals surface area contributed by atoms with Gasteiger partial charge in [-0.25, -0.2) is 9.97 Å². The SMILES string of the molecule is CCN1CCN(C(=O)c2cnc(C)nc2C)[C@H](Cc2ccccc2-c2ccccc2)C1=O. The minimum Gasteiger partial charge on any atom is -0.339 e. The van der Waals surface area contributed by atoms with Crippen LogP contribution in [0.1, 0.15) is 34.4 Å². The van der Waals surface area contributed by atoms with Gasteiger partial charge in [0.1, 0.15) is 11.9 Å². The summed E-state index contributed by atoms with van der Waals surface area (Å²) in [7, 11) is 0. The monoisotopic (exact) mass is 428 g/mol. The summed E-state index contributed by atoms with van der Waals surface area (Å²) < 4.78 is 0. The quantitative estimate of drug-likeness (QED) is 0.622. The highest BCUT2D eigenvalue weighted by Crippen LogP contribution is 2.27. The van der Waals surface area contributed by atoms with Crippen LogP contribution in [0.15, 0.2) is 60.8 Å². The normalized spacial score (nSPS) is 16.3. The number of hydrogen-bond acceptors (Lipinski definition) is 4. The molecule has 32 heavy (non-hydrogen) atoms. The number of nitrogens with zero attached hydrogens (tertiary/aromatic N) is 4. The number of aromatic nitrogens is 2. The zero-order valence-corrected chi connectivity index (χ0v) is 18.8. The zero-order valence-electron chi connectivity index (χ0n) is 18.8. The second-order valence-corrected chi connectivity index (χ2v) is 8.08. The first-order chi connectivity index (χ1) is 15.5. The second kappa shape index (κ2) is 9.30. The summed E-state index contributed by atoms with van der Waals surface area (Å²) in [5, 5.41) is 0. The van der Waals surface area contributed by atoms with Crippen LogP contribution < -0.4 is 0 Å². The minimum absolute atomic E-state index is 0.0133. The van der Waals surface area contributed by atoms with E-state index in [9.17, 15) is 9.59 Å². The summed E-state index contributed by atoms with van der Waals surface area (Å²) in [6, 6.07) is 17.7. The van der Waals surface area contributed by atoms with E-state index < -0.39 is 6.04 Å². The van der Waals surface area contributed by atoms with Crippen LogP contribution in [0.5, 0.6) is 0 Å². The molecule has 1 fully saturated rings. The van der Waals surface area contributed by atoms with Crippen molar-refractivity contribution < 1.29 is 9.59 Å². The van der Waals surface area contributed by atoms with Gasteiger partial charge in [-0.05, 0) is 37.5 Å². The Labute approximate surface area is 188 Å². The van der Waals surface area contributed by atoms with Crippen LogP contribution in [0.3, 0.4) is 0 Å². The van der Waals surface area contributed by atoms with Gasteiger partial charge in [0.25, 0.3) is 5.91 Å². The van der Waals surface area contributed by atoms with E-state index in [4.69, 9.17) is 0 Å². The van der Waals surface area contributed by atoms with E-state index in [0.717, 1.165) is 16.7 Å². The summed E-state index contributed by atoms with van der Waals surface area (Å²) >= 11 is 0. The Morgan fingerprint density at radius 3 is 2.47 bits per heavy atom. The lowest BCUT2D eigenvalue weighted by molar-refractivity contribution is -0.139. The molecule has 3 aromatic rings. The van der Waals surface area contributed by atoms with Gasteiger partial charge in [0.05, 0.1) is 11.3 Å². The van der Waals surface area contributed by atoms with Gasteiger partial charge >= 0.3 is 0 Å². The maximum Gasteiger partial charge on any atom is 0.258 e. The smallest absolute Gasteiger partial charge is 0.258 e. The van der Waals surface area contributed by atoms with Crippen LogP contribution in [-0.4, -0.2) is 57.3 Å². The fourth-order valence-electron chi connectivity index (χ4n) is 4.35. The van der Waals surface area contributed by atoms with Gasteiger partial charge in [-0.3, -0.25) is 9.59 Å². The number of carbonyl (C=O) groups excluding carboxylic acids is 2. The van der Waals surface area contributed by atoms with Crippen LogP contribution in [0.25, 0.3) is 11.1 Å². The summed E-state index contributed by atoms with van der Waals surface area (Å²) in [4.78, 5) is 39.0. The van der Waals surface area contributed by atoms with Gasteiger partial charge < -0.3 is 9.80 Å². The van der Waals surface area contributed by atoms with Crippen molar-refractivity contribution in [1.29, 1.82) is 0 Å². The van der Waals surface area contributed by atoms with Gasteiger partial charge in [-0.15, -0.1) is 0 Å². The number of piperazine rings is 1. The van der Waals surface area contributed by atoms with Gasteiger partial charge in [0, 0.05) is 32.3 Å². The van der Waals surface area contributed by atoms with Crippen LogP contribution >= 0.6 is 0 Å². The number of aryl methyl sites for hydroxylation is 2. The predicted octanol–water partition coefficient (Wildman–Crippen LogP) is 3.68. The van der Waals surface area contributed by atoms with Crippen molar-refractivity contribution in [3.8, 4) is 11.1 Å². The zero-order chi connectivity index (χ0) is 22.7. The minimum atomic E-state index is -0.568. The molecule has 0 saturated carbocycles. The fraction of sp³-hybridized carbons (Fsp3) is 0.308. The highest BCUT2D eigenvalue weighted by Gasteiger charge is 2.38. The van der Waals surface area contributed by atoms with E-state index >= 15 is 0 Å². The first kappa shape index (κ1) is 21.7. The molecule has 6 nitrogen and oxygen atoms in total. The third-order valence-corrected chi connectivity index (χ3v) is 6.07. The molecule has 164 valence electrons. The molecule has 0 radical (unpaired) electrons. The number of hydrogen-bond donors (Lipinski definition) is 0. The van der Waals surface area contributed by atoms with E-state index in [1.165, 1.54) is 0 Å². The number of carbonyl (C=O) groups is 2. The molecule has 2 aromatic carbocycles. The molecule has 2 amide bonds. The Morgan fingerprint density at radius 1 is 1.03 bits per heavy atom. The Bertz CT molecular complexity index is 1130. The molecular weight excluding hydrogens is 400 g/mol. The van der Waals surface area contributed by atoms with Crippen LogP contribution in [0.4, 0.5) is 0 Å². The topological polar surface area (TPSA) is 66.4 Å². The average Bonchev–Trinajstić information content (AvgIpc) is 2.81. The standard InChI is InChI=1S/C26H28N4O2/c1-4-29-14-15-30(25(31)23-17-27-19(3)28-18(23)2)24(26(29)32)16-21-12-8-9-13-22(21)20-10-6-5-7-11-20/h5-13,17,24H,4,14-16H2,1-3H3/t24-/m1/s1. The predicted molar refractivity (Wildman–Crippen MR) is 124 cm³/mol. The Balaban J connectivity index is 1.71. The van der Waals surface area contributed by atoms with E-state index in [-0.39, 0.29) is 11.8 Å². The highest BCUT2D eigenvalue weighted by atomic mass is 16.2. The van der Waals surface area contributed by atoms with Crippen LogP contribution in [-0.2, 0) is 11.2 Å². The summed E-state index contributed by atoms with van der Waals surface area (Å²) in [6.07, 6.45) is 2.03. The molecule has 2 heterocycles. The Hall–Kier alpha value is -3.54. The highest BCUT2D eigenvalue weighted by molar-refractivity contribution is 5.99. The van der Waals surface area contributed by atoms with Crippen molar-refractivity contribution in [3.05, 3.63) is 83.4 Å². The molecule has 1 atom stereocenters. The van der Waals surface area contributed by atoms with Crippen molar-refractivity contribution in [1.82, 2.24) is 19.8 Å². The Morgan fingerprint density at radius 2 is 1.75 bits per heavy atom. The molecule has 0 spiro atoms. The summed E-state index contributed by atoms with van der Waals surface area (Å²) in [5.41, 5.74) is 4.31. The molecular formula is C26H28N4O2. The van der Waals surface area contributed by atoms with Gasteiger partial charge in [-0.1, -0.05) is 54.6 Å². The lowest BCUT2D eigenvalue weighted by atomic mass is 9.93. The second-order valence-electron chi connectivity index (χ2n) is 8.08. The third-order valence-electron chi connectivity index (χ3n) is 6.07. The van der Waals surface area contributed by atoms with Crippen molar-refractivity contribution in [2.24, 2.45) is 0 Å². The lowest BCUT2D eigenvalue weighted by Gasteiger charge is -2.40. The Kier molecular flexibility index (Phi) is 6.30. The molecule has 1 saturated heterocycles. The van der Waals surface area contributed by atoms with E-state index in [0.29, 0.717) is 43.1 Å². The number of amides is 2. The first-order valence-electron chi connectivity index (χ1n) is 11.0. The van der Waals surface area contributed by atoms with Gasteiger partial charge in [-0.2, -0.15) is 0 Å². The molecule has 1 aromatic heterocycles. The third kappa shape index (κ3) is 4.26. The van der Waals surface area contributed by atoms with E-state index in [2.05, 4.69) is 28.2 Å². The van der Waals surface area contributed by atoms with Crippen molar-refractivity contribution in [3.63, 3.8) is 0 Å². The molecule has 0 bridgehead atoms. The van der Waals surface area contributed by atoms with E-state index in [1.54, 1.807) is 18.0 Å². The van der Waals surface area contributed by atoms with Crippen molar-refractivity contribution >= 4 is 11.8 Å². The fourth-order valence-corrected chi connectivity index (χ4v) is 4.35. The molecule has 1 aliphatic heterocycles. The van der Waals surface area contributed by atoms with Crippen LogP contribution in [0.2, 0.25) is 0 Å². The van der Waals surface area contributed by atoms with E-state index in [1.807, 2.05) is 55.1 Å². The summed E-state index contributed by atoms with van der Waals surface area (Å²) in [6.45, 7) is 7.24. The number of benzene rings is 2. The lowest BCUT2D eigenvalue weighted by Crippen LogP contribution is -2.59. The molecule has 0 unspecified atom stereocenters. The van der Waals surface area contributed by atoms with Crippen molar-refractivity contribution in [2.45, 2.75) is 33.2 Å². The molecule has 6 heteroatoms. The van der Waals surface area contributed by atoms with Crippen molar-refractivity contribution in [2.75, 3.05) is 19.6 Å². The largest absolute Gasteiger partial charge is 0.339 e. The van der Waals surface area contributed by atoms with Crippen LogP contribution in [0, 0.1) is 13.8 Å². The van der Waals surface area contributed by atoms with Gasteiger partial charge in [0.15, 0.2) is 0 Å². The van der Waals surface area contributed by atoms with Gasteiger partial charge in [0.2, 0.25) is 5.91 Å². The molecule has 0 N–H and O–H groups in total.